The minimum absolute atomic E-state index is 0.111. The lowest BCUT2D eigenvalue weighted by atomic mass is 10.0. The van der Waals surface area contributed by atoms with Gasteiger partial charge in [-0.1, -0.05) is 53.5 Å². The molecule has 0 aliphatic rings. The Hall–Kier alpha value is -3.41. The van der Waals surface area contributed by atoms with Gasteiger partial charge in [0.2, 0.25) is 5.88 Å². The topological polar surface area (TPSA) is 57.0 Å². The lowest BCUT2D eigenvalue weighted by molar-refractivity contribution is 0.101. The van der Waals surface area contributed by atoms with Crippen molar-refractivity contribution in [2.45, 2.75) is 20.3 Å². The molecule has 0 bridgehead atoms. The van der Waals surface area contributed by atoms with Crippen molar-refractivity contribution in [1.29, 1.82) is 0 Å². The number of benzene rings is 3. The molecule has 5 aromatic rings. The lowest BCUT2D eigenvalue weighted by Crippen LogP contribution is -2.05. The number of halogens is 2. The van der Waals surface area contributed by atoms with Gasteiger partial charge in [0.25, 0.3) is 0 Å². The van der Waals surface area contributed by atoms with Gasteiger partial charge in [-0.2, -0.15) is 0 Å². The maximum absolute atomic E-state index is 12.4. The van der Waals surface area contributed by atoms with Crippen LogP contribution in [0.4, 0.5) is 0 Å². The van der Waals surface area contributed by atoms with Crippen LogP contribution in [0.25, 0.3) is 27.5 Å². The molecular formula is C27H21Cl2N3O2. The minimum Gasteiger partial charge on any atom is -0.476 e. The maximum atomic E-state index is 12.4. The smallest absolute Gasteiger partial charge is 0.244 e. The number of carbonyl (C=O) groups excluding carboxylic acids is 1. The molecule has 0 spiro atoms. The van der Waals surface area contributed by atoms with Crippen molar-refractivity contribution in [3.63, 3.8) is 0 Å². The van der Waals surface area contributed by atoms with Gasteiger partial charge in [0.15, 0.2) is 5.78 Å². The Balaban J connectivity index is 1.43. The molecule has 170 valence electrons. The molecule has 0 amide bonds. The Kier molecular flexibility index (Phi) is 5.98. The zero-order valence-corrected chi connectivity index (χ0v) is 20.2. The average molecular weight is 490 g/mol. The predicted molar refractivity (Wildman–Crippen MR) is 137 cm³/mol. The van der Waals surface area contributed by atoms with Crippen LogP contribution in [-0.2, 0) is 6.42 Å². The third-order valence-corrected chi connectivity index (χ3v) is 6.58. The van der Waals surface area contributed by atoms with Crippen LogP contribution in [0.15, 0.2) is 66.7 Å². The van der Waals surface area contributed by atoms with Crippen LogP contribution in [-0.4, -0.2) is 27.2 Å². The summed E-state index contributed by atoms with van der Waals surface area (Å²) in [5.41, 5.74) is 4.88. The number of pyridine rings is 1. The molecule has 0 saturated heterocycles. The standard InChI is InChI=1S/C27H21Cl2N3O2/c1-16-26(17(2)33)27(31-32(16)20-10-11-22(28)23(29)15-20)34-13-12-18-7-5-9-25-21(18)14-19-6-3-4-8-24(19)30-25/h3-11,14-15H,12-13H2,1-2H3. The summed E-state index contributed by atoms with van der Waals surface area (Å²) in [7, 11) is 0. The first kappa shape index (κ1) is 22.4. The molecule has 0 atom stereocenters. The zero-order chi connectivity index (χ0) is 23.8. The monoisotopic (exact) mass is 489 g/mol. The first-order valence-electron chi connectivity index (χ1n) is 10.9. The van der Waals surface area contributed by atoms with Gasteiger partial charge in [-0.3, -0.25) is 4.79 Å². The van der Waals surface area contributed by atoms with Crippen LogP contribution in [0.1, 0.15) is 28.5 Å². The molecule has 0 unspecified atom stereocenters. The Bertz CT molecular complexity index is 1560. The number of ketones is 1. The van der Waals surface area contributed by atoms with Gasteiger partial charge in [-0.05, 0) is 55.8 Å². The van der Waals surface area contributed by atoms with E-state index in [2.05, 4.69) is 23.3 Å². The summed E-state index contributed by atoms with van der Waals surface area (Å²) in [6.45, 7) is 3.71. The Morgan fingerprint density at radius 2 is 1.76 bits per heavy atom. The van der Waals surface area contributed by atoms with Crippen molar-refractivity contribution < 1.29 is 9.53 Å². The fraction of sp³-hybridized carbons (Fsp3) is 0.148. The quantitative estimate of drug-likeness (QED) is 0.190. The van der Waals surface area contributed by atoms with Crippen LogP contribution < -0.4 is 4.74 Å². The SMILES string of the molecule is CC(=O)c1c(OCCc2cccc3nc4ccccc4cc23)nn(-c2ccc(Cl)c(Cl)c2)c1C. The summed E-state index contributed by atoms with van der Waals surface area (Å²) in [6.07, 6.45) is 0.646. The molecular weight excluding hydrogens is 469 g/mol. The van der Waals surface area contributed by atoms with Gasteiger partial charge < -0.3 is 4.74 Å². The number of ether oxygens (including phenoxy) is 1. The number of Topliss-reactive ketones (excluding diaryl/α,β-unsaturated/α-hetero) is 1. The van der Waals surface area contributed by atoms with E-state index in [-0.39, 0.29) is 5.78 Å². The van der Waals surface area contributed by atoms with E-state index in [9.17, 15) is 4.79 Å². The highest BCUT2D eigenvalue weighted by atomic mass is 35.5. The van der Waals surface area contributed by atoms with E-state index in [1.165, 1.54) is 6.92 Å². The van der Waals surface area contributed by atoms with Crippen LogP contribution in [0.2, 0.25) is 10.0 Å². The summed E-state index contributed by atoms with van der Waals surface area (Å²) in [5.74, 6) is 0.194. The van der Waals surface area contributed by atoms with E-state index in [4.69, 9.17) is 32.9 Å². The summed E-state index contributed by atoms with van der Waals surface area (Å²) < 4.78 is 7.70. The molecule has 0 radical (unpaired) electrons. The number of rotatable bonds is 6. The van der Waals surface area contributed by atoms with Gasteiger partial charge in [0, 0.05) is 17.2 Å². The Morgan fingerprint density at radius 1 is 0.971 bits per heavy atom. The second-order valence-electron chi connectivity index (χ2n) is 8.10. The van der Waals surface area contributed by atoms with Crippen LogP contribution >= 0.6 is 23.2 Å². The summed E-state index contributed by atoms with van der Waals surface area (Å²) in [5, 5.41) is 7.62. The highest BCUT2D eigenvalue weighted by molar-refractivity contribution is 6.42. The second kappa shape index (κ2) is 9.09. The van der Waals surface area contributed by atoms with E-state index in [1.54, 1.807) is 22.9 Å². The Morgan fingerprint density at radius 3 is 2.56 bits per heavy atom. The molecule has 2 aromatic heterocycles. The number of aromatic nitrogens is 3. The summed E-state index contributed by atoms with van der Waals surface area (Å²) >= 11 is 12.2. The molecule has 2 heterocycles. The molecule has 0 saturated carbocycles. The fourth-order valence-electron chi connectivity index (χ4n) is 4.19. The number of para-hydroxylation sites is 1. The van der Waals surface area contributed by atoms with Crippen molar-refractivity contribution in [1.82, 2.24) is 14.8 Å². The average Bonchev–Trinajstić information content (AvgIpc) is 3.16. The normalized spacial score (nSPS) is 11.3. The first-order valence-corrected chi connectivity index (χ1v) is 11.6. The molecule has 7 heteroatoms. The van der Waals surface area contributed by atoms with E-state index in [0.717, 1.165) is 27.4 Å². The maximum Gasteiger partial charge on any atom is 0.244 e. The highest BCUT2D eigenvalue weighted by Crippen LogP contribution is 2.29. The lowest BCUT2D eigenvalue weighted by Gasteiger charge is -2.09. The molecule has 0 N–H and O–H groups in total. The third kappa shape index (κ3) is 4.13. The van der Waals surface area contributed by atoms with Gasteiger partial charge in [-0.25, -0.2) is 9.67 Å². The zero-order valence-electron chi connectivity index (χ0n) is 18.7. The van der Waals surface area contributed by atoms with E-state index in [1.807, 2.05) is 37.3 Å². The molecule has 5 rings (SSSR count). The number of carbonyl (C=O) groups is 1. The third-order valence-electron chi connectivity index (χ3n) is 5.85. The number of hydrogen-bond donors (Lipinski definition) is 0. The second-order valence-corrected chi connectivity index (χ2v) is 8.91. The fourth-order valence-corrected chi connectivity index (χ4v) is 4.48. The molecule has 5 nitrogen and oxygen atoms in total. The molecule has 0 aliphatic carbocycles. The van der Waals surface area contributed by atoms with Gasteiger partial charge in [0.1, 0.15) is 5.56 Å². The van der Waals surface area contributed by atoms with Crippen molar-refractivity contribution in [2.75, 3.05) is 6.61 Å². The van der Waals surface area contributed by atoms with Gasteiger partial charge in [-0.15, -0.1) is 5.10 Å². The van der Waals surface area contributed by atoms with Crippen LogP contribution in [0, 0.1) is 6.92 Å². The van der Waals surface area contributed by atoms with Crippen LogP contribution in [0.3, 0.4) is 0 Å². The molecule has 0 aliphatic heterocycles. The van der Waals surface area contributed by atoms with Gasteiger partial charge in [0.05, 0.1) is 39.1 Å². The van der Waals surface area contributed by atoms with E-state index >= 15 is 0 Å². The first-order chi connectivity index (χ1) is 16.4. The van der Waals surface area contributed by atoms with E-state index < -0.39 is 0 Å². The summed E-state index contributed by atoms with van der Waals surface area (Å²) in [6, 6.07) is 21.6. The predicted octanol–water partition coefficient (Wildman–Crippen LogP) is 7.01. The van der Waals surface area contributed by atoms with Crippen molar-refractivity contribution in [3.8, 4) is 11.6 Å². The van der Waals surface area contributed by atoms with Gasteiger partial charge >= 0.3 is 0 Å². The Labute approximate surface area is 206 Å². The largest absolute Gasteiger partial charge is 0.476 e. The molecule has 3 aromatic carbocycles. The minimum atomic E-state index is -0.111. The molecule has 34 heavy (non-hydrogen) atoms. The summed E-state index contributed by atoms with van der Waals surface area (Å²) in [4.78, 5) is 17.2. The van der Waals surface area contributed by atoms with Crippen molar-refractivity contribution in [3.05, 3.63) is 93.6 Å². The van der Waals surface area contributed by atoms with E-state index in [0.29, 0.717) is 45.9 Å². The number of hydrogen-bond acceptors (Lipinski definition) is 4. The van der Waals surface area contributed by atoms with Crippen LogP contribution in [0.5, 0.6) is 5.88 Å². The molecule has 0 fully saturated rings. The van der Waals surface area contributed by atoms with Crippen molar-refractivity contribution in [2.24, 2.45) is 0 Å². The number of nitrogens with zero attached hydrogens (tertiary/aromatic N) is 3. The van der Waals surface area contributed by atoms with Crippen molar-refractivity contribution >= 4 is 50.8 Å². The highest BCUT2D eigenvalue weighted by Gasteiger charge is 2.21. The number of fused-ring (bicyclic) bond motifs is 2.